The maximum absolute atomic E-state index is 13.8. The van der Waals surface area contributed by atoms with Crippen LogP contribution in [0.15, 0.2) is 89.4 Å². The van der Waals surface area contributed by atoms with Crippen LogP contribution in [0.4, 0.5) is 0 Å². The number of thioether (sulfide) groups is 1. The van der Waals surface area contributed by atoms with Gasteiger partial charge in [0, 0.05) is 21.0 Å². The molecule has 5 rings (SSSR count). The number of nitrogens with zero attached hydrogens (tertiary/aromatic N) is 2. The number of fused-ring (bicyclic) bond motifs is 1. The number of thiazole rings is 1. The molecule has 0 radical (unpaired) electrons. The molecule has 2 aromatic carbocycles. The van der Waals surface area contributed by atoms with E-state index in [1.54, 1.807) is 36.3 Å². The number of benzene rings is 2. The molecule has 0 spiro atoms. The summed E-state index contributed by atoms with van der Waals surface area (Å²) in [5.74, 6) is 0.782. The molecule has 4 aromatic rings. The van der Waals surface area contributed by atoms with Crippen molar-refractivity contribution < 1.29 is 13.9 Å². The highest BCUT2D eigenvalue weighted by atomic mass is 79.9. The summed E-state index contributed by atoms with van der Waals surface area (Å²) in [6, 6.07) is 17.0. The van der Waals surface area contributed by atoms with Crippen LogP contribution in [-0.4, -0.2) is 23.4 Å². The van der Waals surface area contributed by atoms with Gasteiger partial charge >= 0.3 is 5.97 Å². The van der Waals surface area contributed by atoms with Gasteiger partial charge in [0.05, 0.1) is 28.5 Å². The summed E-state index contributed by atoms with van der Waals surface area (Å²) < 4.78 is 14.4. The quantitative estimate of drug-likeness (QED) is 0.203. The van der Waals surface area contributed by atoms with Crippen molar-refractivity contribution in [2.45, 2.75) is 31.7 Å². The zero-order chi connectivity index (χ0) is 27.0. The highest BCUT2D eigenvalue weighted by Gasteiger charge is 2.33. The van der Waals surface area contributed by atoms with Crippen LogP contribution in [0.5, 0.6) is 0 Å². The second-order valence-corrected chi connectivity index (χ2v) is 11.5. The zero-order valence-electron chi connectivity index (χ0n) is 21.3. The second-order valence-electron chi connectivity index (χ2n) is 8.76. The summed E-state index contributed by atoms with van der Waals surface area (Å²) in [7, 11) is 0. The Labute approximate surface area is 236 Å². The highest BCUT2D eigenvalue weighted by Crippen LogP contribution is 2.32. The van der Waals surface area contributed by atoms with Crippen LogP contribution in [0, 0.1) is 6.92 Å². The zero-order valence-corrected chi connectivity index (χ0v) is 24.5. The van der Waals surface area contributed by atoms with E-state index in [0.717, 1.165) is 26.1 Å². The summed E-state index contributed by atoms with van der Waals surface area (Å²) in [5, 5.41) is 0. The molecule has 0 unspecified atom stereocenters. The minimum absolute atomic E-state index is 0.232. The number of carbonyl (C=O) groups is 1. The van der Waals surface area contributed by atoms with Crippen LogP contribution in [0.3, 0.4) is 0 Å². The molecule has 1 aliphatic rings. The van der Waals surface area contributed by atoms with Crippen molar-refractivity contribution in [3.05, 3.63) is 107 Å². The number of furan rings is 1. The SMILES string of the molecule is CCOC(=O)C1=C(C)N=c2s/c(=C\c3ccc(-c4ccc(C)cc4Br)o3)c(=O)n2[C@@H]1c1ccc(SC)cc1. The van der Waals surface area contributed by atoms with E-state index in [1.807, 2.05) is 67.8 Å². The molecule has 0 bridgehead atoms. The molecular formula is C29H25BrN2O4S2. The molecule has 1 aliphatic heterocycles. The van der Waals surface area contributed by atoms with E-state index in [2.05, 4.69) is 20.9 Å². The lowest BCUT2D eigenvalue weighted by Gasteiger charge is -2.24. The van der Waals surface area contributed by atoms with Gasteiger partial charge in [0.25, 0.3) is 5.56 Å². The molecule has 0 saturated carbocycles. The molecule has 3 heterocycles. The normalized spacial score (nSPS) is 15.4. The summed E-state index contributed by atoms with van der Waals surface area (Å²) in [6.45, 7) is 5.81. The standard InChI is InChI=1S/C29H25BrN2O4S2/c1-5-35-28(34)25-17(3)31-29-32(26(25)18-7-10-20(37-4)11-8-18)27(33)24(38-29)15-19-9-13-23(36-19)21-12-6-16(2)14-22(21)30/h6-15,26H,5H2,1-4H3/b24-15-/t26-/m1/s1. The Kier molecular flexibility index (Phi) is 7.61. The molecule has 0 amide bonds. The van der Waals surface area contributed by atoms with Gasteiger partial charge in [-0.3, -0.25) is 9.36 Å². The lowest BCUT2D eigenvalue weighted by Crippen LogP contribution is -2.39. The number of carbonyl (C=O) groups excluding carboxylic acids is 1. The molecule has 1 atom stereocenters. The molecule has 0 saturated heterocycles. The van der Waals surface area contributed by atoms with E-state index in [4.69, 9.17) is 9.15 Å². The fraction of sp³-hybridized carbons (Fsp3) is 0.207. The van der Waals surface area contributed by atoms with Crippen molar-refractivity contribution in [1.82, 2.24) is 4.57 Å². The topological polar surface area (TPSA) is 73.8 Å². The predicted molar refractivity (Wildman–Crippen MR) is 155 cm³/mol. The highest BCUT2D eigenvalue weighted by molar-refractivity contribution is 9.10. The largest absolute Gasteiger partial charge is 0.463 e. The van der Waals surface area contributed by atoms with E-state index in [1.165, 1.54) is 11.3 Å². The Bertz CT molecular complexity index is 1750. The Morgan fingerprint density at radius 1 is 1.18 bits per heavy atom. The number of hydrogen-bond donors (Lipinski definition) is 0. The number of hydrogen-bond acceptors (Lipinski definition) is 7. The number of ether oxygens (including phenoxy) is 1. The first-order valence-electron chi connectivity index (χ1n) is 12.0. The predicted octanol–water partition coefficient (Wildman–Crippen LogP) is 5.85. The fourth-order valence-corrected chi connectivity index (χ4v) is 6.54. The third-order valence-corrected chi connectivity index (χ3v) is 8.62. The second kappa shape index (κ2) is 10.9. The first-order chi connectivity index (χ1) is 18.3. The summed E-state index contributed by atoms with van der Waals surface area (Å²) in [5.41, 5.74) is 3.56. The van der Waals surface area contributed by atoms with Crippen molar-refractivity contribution in [3.63, 3.8) is 0 Å². The van der Waals surface area contributed by atoms with Gasteiger partial charge in [-0.05, 0) is 74.6 Å². The van der Waals surface area contributed by atoms with Crippen LogP contribution < -0.4 is 14.9 Å². The van der Waals surface area contributed by atoms with Crippen LogP contribution in [-0.2, 0) is 9.53 Å². The summed E-state index contributed by atoms with van der Waals surface area (Å²) in [6.07, 6.45) is 3.73. The molecule has 9 heteroatoms. The molecule has 194 valence electrons. The first kappa shape index (κ1) is 26.5. The lowest BCUT2D eigenvalue weighted by molar-refractivity contribution is -0.139. The molecular weight excluding hydrogens is 584 g/mol. The average Bonchev–Trinajstić information content (AvgIpc) is 3.47. The van der Waals surface area contributed by atoms with Gasteiger partial charge in [-0.2, -0.15) is 0 Å². The first-order valence-corrected chi connectivity index (χ1v) is 14.8. The third-order valence-electron chi connectivity index (χ3n) is 6.24. The number of rotatable bonds is 6. The Hall–Kier alpha value is -3.14. The van der Waals surface area contributed by atoms with Gasteiger partial charge in [0.1, 0.15) is 11.5 Å². The Morgan fingerprint density at radius 3 is 2.63 bits per heavy atom. The minimum atomic E-state index is -0.640. The molecule has 0 aliphatic carbocycles. The van der Waals surface area contributed by atoms with Crippen LogP contribution in [0.2, 0.25) is 0 Å². The van der Waals surface area contributed by atoms with Gasteiger partial charge in [-0.15, -0.1) is 11.8 Å². The third kappa shape index (κ3) is 4.98. The van der Waals surface area contributed by atoms with E-state index >= 15 is 0 Å². The van der Waals surface area contributed by atoms with Gasteiger partial charge in [-0.1, -0.05) is 45.5 Å². The van der Waals surface area contributed by atoms with Crippen molar-refractivity contribution >= 4 is 51.1 Å². The Morgan fingerprint density at radius 2 is 1.95 bits per heavy atom. The molecule has 38 heavy (non-hydrogen) atoms. The van der Waals surface area contributed by atoms with Crippen LogP contribution in [0.1, 0.15) is 36.8 Å². The van der Waals surface area contributed by atoms with E-state index in [0.29, 0.717) is 32.1 Å². The molecule has 0 N–H and O–H groups in total. The van der Waals surface area contributed by atoms with Crippen LogP contribution >= 0.6 is 39.0 Å². The van der Waals surface area contributed by atoms with E-state index in [9.17, 15) is 9.59 Å². The van der Waals surface area contributed by atoms with Gasteiger partial charge < -0.3 is 9.15 Å². The fourth-order valence-electron chi connectivity index (χ4n) is 4.42. The van der Waals surface area contributed by atoms with Crippen molar-refractivity contribution in [1.29, 1.82) is 0 Å². The molecule has 2 aromatic heterocycles. The number of allylic oxidation sites excluding steroid dienone is 1. The molecule has 6 nitrogen and oxygen atoms in total. The van der Waals surface area contributed by atoms with Gasteiger partial charge in [-0.25, -0.2) is 9.79 Å². The summed E-state index contributed by atoms with van der Waals surface area (Å²) in [4.78, 5) is 33.1. The van der Waals surface area contributed by atoms with Crippen molar-refractivity contribution in [2.75, 3.05) is 12.9 Å². The minimum Gasteiger partial charge on any atom is -0.463 e. The smallest absolute Gasteiger partial charge is 0.338 e. The average molecular weight is 610 g/mol. The van der Waals surface area contributed by atoms with E-state index in [-0.39, 0.29) is 12.2 Å². The number of halogens is 1. The number of aryl methyl sites for hydroxylation is 1. The lowest BCUT2D eigenvalue weighted by atomic mass is 9.96. The molecule has 0 fully saturated rings. The summed E-state index contributed by atoms with van der Waals surface area (Å²) >= 11 is 6.51. The number of aromatic nitrogens is 1. The number of esters is 1. The monoisotopic (exact) mass is 608 g/mol. The van der Waals surface area contributed by atoms with Gasteiger partial charge in [0.15, 0.2) is 4.80 Å². The van der Waals surface area contributed by atoms with Gasteiger partial charge in [0.2, 0.25) is 0 Å². The Balaban J connectivity index is 1.63. The van der Waals surface area contributed by atoms with Crippen molar-refractivity contribution in [3.8, 4) is 11.3 Å². The maximum atomic E-state index is 13.8. The van der Waals surface area contributed by atoms with Crippen LogP contribution in [0.25, 0.3) is 17.4 Å². The van der Waals surface area contributed by atoms with Crippen molar-refractivity contribution in [2.24, 2.45) is 4.99 Å². The maximum Gasteiger partial charge on any atom is 0.338 e. The van der Waals surface area contributed by atoms with E-state index < -0.39 is 12.0 Å².